The summed E-state index contributed by atoms with van der Waals surface area (Å²) in [7, 11) is 0. The Balaban J connectivity index is 1.45. The third-order valence-corrected chi connectivity index (χ3v) is 5.33. The number of aryl methyl sites for hydroxylation is 4. The van der Waals surface area contributed by atoms with Crippen LogP contribution in [0, 0.1) is 27.7 Å². The normalized spacial score (nSPS) is 13.9. The monoisotopic (exact) mass is 386 g/mol. The largest absolute Gasteiger partial charge is 0.486 e. The molecule has 4 heteroatoms. The highest BCUT2D eigenvalue weighted by Crippen LogP contribution is 2.27. The Labute approximate surface area is 172 Å². The lowest BCUT2D eigenvalue weighted by Crippen LogP contribution is -2.56. The first kappa shape index (κ1) is 19.2. The van der Waals surface area contributed by atoms with E-state index >= 15 is 0 Å². The van der Waals surface area contributed by atoms with E-state index in [-0.39, 0.29) is 12.0 Å². The Morgan fingerprint density at radius 1 is 0.966 bits per heavy atom. The predicted molar refractivity (Wildman–Crippen MR) is 115 cm³/mol. The summed E-state index contributed by atoms with van der Waals surface area (Å²) < 4.78 is 6.14. The lowest BCUT2D eigenvalue weighted by Gasteiger charge is -2.39. The van der Waals surface area contributed by atoms with E-state index in [0.29, 0.717) is 18.7 Å². The highest BCUT2D eigenvalue weighted by atomic mass is 16.5. The van der Waals surface area contributed by atoms with E-state index < -0.39 is 0 Å². The number of hydrogen-bond acceptors (Lipinski definition) is 3. The molecule has 1 aliphatic rings. The molecule has 0 spiro atoms. The van der Waals surface area contributed by atoms with Gasteiger partial charge in [0.25, 0.3) is 5.91 Å². The molecule has 4 nitrogen and oxygen atoms in total. The maximum atomic E-state index is 12.9. The van der Waals surface area contributed by atoms with Gasteiger partial charge in [0, 0.05) is 16.8 Å². The van der Waals surface area contributed by atoms with Gasteiger partial charge >= 0.3 is 0 Å². The fourth-order valence-corrected chi connectivity index (χ4v) is 3.81. The van der Waals surface area contributed by atoms with Gasteiger partial charge in [-0.25, -0.2) is 0 Å². The van der Waals surface area contributed by atoms with E-state index in [1.807, 2.05) is 42.2 Å². The van der Waals surface area contributed by atoms with Gasteiger partial charge in [-0.2, -0.15) is 0 Å². The summed E-state index contributed by atoms with van der Waals surface area (Å²) in [6.45, 7) is 9.37. The van der Waals surface area contributed by atoms with Crippen molar-refractivity contribution in [2.24, 2.45) is 0 Å². The maximum absolute atomic E-state index is 12.9. The molecule has 0 bridgehead atoms. The third-order valence-electron chi connectivity index (χ3n) is 5.33. The highest BCUT2D eigenvalue weighted by Gasteiger charge is 2.33. The van der Waals surface area contributed by atoms with Crippen LogP contribution in [0.2, 0.25) is 0 Å². The molecule has 1 fully saturated rings. The average molecular weight is 386 g/mol. The van der Waals surface area contributed by atoms with Crippen molar-refractivity contribution in [1.82, 2.24) is 9.88 Å². The fourth-order valence-electron chi connectivity index (χ4n) is 3.81. The van der Waals surface area contributed by atoms with Gasteiger partial charge in [-0.15, -0.1) is 0 Å². The molecule has 2 aromatic carbocycles. The van der Waals surface area contributed by atoms with Gasteiger partial charge in [-0.1, -0.05) is 30.3 Å². The van der Waals surface area contributed by atoms with Crippen LogP contribution in [0.15, 0.2) is 54.6 Å². The second-order valence-electron chi connectivity index (χ2n) is 7.92. The third kappa shape index (κ3) is 4.02. The number of pyridine rings is 1. The molecule has 0 aliphatic carbocycles. The molecule has 0 saturated carbocycles. The summed E-state index contributed by atoms with van der Waals surface area (Å²) in [5.41, 5.74) is 6.95. The average Bonchev–Trinajstić information content (AvgIpc) is 2.65. The van der Waals surface area contributed by atoms with Crippen LogP contribution in [0.4, 0.5) is 0 Å². The van der Waals surface area contributed by atoms with Crippen molar-refractivity contribution in [3.8, 4) is 17.0 Å². The highest BCUT2D eigenvalue weighted by molar-refractivity contribution is 5.96. The zero-order valence-electron chi connectivity index (χ0n) is 17.4. The van der Waals surface area contributed by atoms with Gasteiger partial charge in [0.05, 0.1) is 18.8 Å². The van der Waals surface area contributed by atoms with Crippen LogP contribution in [0.1, 0.15) is 32.7 Å². The summed E-state index contributed by atoms with van der Waals surface area (Å²) in [6, 6.07) is 18.0. The van der Waals surface area contributed by atoms with Crippen molar-refractivity contribution < 1.29 is 9.53 Å². The molecule has 1 saturated heterocycles. The number of likely N-dealkylation sites (tertiary alicyclic amines) is 1. The molecule has 4 rings (SSSR count). The van der Waals surface area contributed by atoms with Gasteiger partial charge < -0.3 is 9.64 Å². The predicted octanol–water partition coefficient (Wildman–Crippen LogP) is 4.89. The van der Waals surface area contributed by atoms with Crippen LogP contribution in [0.25, 0.3) is 11.3 Å². The Morgan fingerprint density at radius 2 is 1.66 bits per heavy atom. The molecule has 0 unspecified atom stereocenters. The van der Waals surface area contributed by atoms with E-state index in [1.54, 1.807) is 0 Å². The number of aromatic nitrogens is 1. The quantitative estimate of drug-likeness (QED) is 0.641. The minimum absolute atomic E-state index is 0.0394. The smallest absolute Gasteiger partial charge is 0.254 e. The van der Waals surface area contributed by atoms with Crippen molar-refractivity contribution >= 4 is 5.91 Å². The van der Waals surface area contributed by atoms with Crippen LogP contribution >= 0.6 is 0 Å². The van der Waals surface area contributed by atoms with Gasteiger partial charge in [0.15, 0.2) is 0 Å². The molecule has 1 aliphatic heterocycles. The number of carbonyl (C=O) groups excluding carboxylic acids is 1. The zero-order chi connectivity index (χ0) is 20.5. The second-order valence-corrected chi connectivity index (χ2v) is 7.92. The first-order chi connectivity index (χ1) is 13.9. The summed E-state index contributed by atoms with van der Waals surface area (Å²) >= 11 is 0. The van der Waals surface area contributed by atoms with Crippen molar-refractivity contribution in [2.45, 2.75) is 33.8 Å². The standard InChI is InChI=1S/C25H26N2O2/c1-16-11-19(4)26-23(12-16)20-9-6-10-21(13-20)25(28)27-14-22(15-27)29-24-17(2)7-5-8-18(24)3/h5-13,22H,14-15H2,1-4H3. The van der Waals surface area contributed by atoms with Crippen molar-refractivity contribution in [3.63, 3.8) is 0 Å². The Morgan fingerprint density at radius 3 is 2.34 bits per heavy atom. The molecule has 0 atom stereocenters. The molecular weight excluding hydrogens is 360 g/mol. The van der Waals surface area contributed by atoms with E-state index in [2.05, 4.69) is 50.0 Å². The van der Waals surface area contributed by atoms with Gasteiger partial charge in [0.1, 0.15) is 11.9 Å². The summed E-state index contributed by atoms with van der Waals surface area (Å²) in [5.74, 6) is 0.977. The zero-order valence-corrected chi connectivity index (χ0v) is 17.4. The van der Waals surface area contributed by atoms with Crippen molar-refractivity contribution in [1.29, 1.82) is 0 Å². The minimum atomic E-state index is 0.0394. The lowest BCUT2D eigenvalue weighted by atomic mass is 10.0. The Bertz CT molecular complexity index is 1030. The first-order valence-corrected chi connectivity index (χ1v) is 9.98. The van der Waals surface area contributed by atoms with E-state index in [0.717, 1.165) is 33.8 Å². The molecule has 29 heavy (non-hydrogen) atoms. The molecule has 0 radical (unpaired) electrons. The summed E-state index contributed by atoms with van der Waals surface area (Å²) in [6.07, 6.45) is 0.0445. The SMILES string of the molecule is Cc1cc(C)nc(-c2cccc(C(=O)N3CC(Oc4c(C)cccc4C)C3)c2)c1. The number of amides is 1. The minimum Gasteiger partial charge on any atom is -0.486 e. The topological polar surface area (TPSA) is 42.4 Å². The van der Waals surface area contributed by atoms with Crippen LogP contribution in [0.3, 0.4) is 0 Å². The lowest BCUT2D eigenvalue weighted by molar-refractivity contribution is 0.0173. The molecular formula is C25H26N2O2. The number of para-hydroxylation sites is 1. The van der Waals surface area contributed by atoms with Crippen LogP contribution < -0.4 is 4.74 Å². The number of ether oxygens (including phenoxy) is 1. The van der Waals surface area contributed by atoms with E-state index in [4.69, 9.17) is 4.74 Å². The summed E-state index contributed by atoms with van der Waals surface area (Å²) in [5, 5.41) is 0. The number of nitrogens with zero attached hydrogens (tertiary/aromatic N) is 2. The van der Waals surface area contributed by atoms with Gasteiger partial charge in [-0.3, -0.25) is 9.78 Å². The first-order valence-electron chi connectivity index (χ1n) is 9.98. The fraction of sp³-hybridized carbons (Fsp3) is 0.280. The molecule has 148 valence electrons. The van der Waals surface area contributed by atoms with Crippen LogP contribution in [-0.2, 0) is 0 Å². The number of hydrogen-bond donors (Lipinski definition) is 0. The summed E-state index contributed by atoms with van der Waals surface area (Å²) in [4.78, 5) is 19.4. The molecule has 2 heterocycles. The van der Waals surface area contributed by atoms with Gasteiger partial charge in [-0.05, 0) is 68.7 Å². The molecule has 1 aromatic heterocycles. The maximum Gasteiger partial charge on any atom is 0.254 e. The van der Waals surface area contributed by atoms with E-state index in [1.165, 1.54) is 5.56 Å². The second kappa shape index (κ2) is 7.70. The van der Waals surface area contributed by atoms with Crippen LogP contribution in [0.5, 0.6) is 5.75 Å². The molecule has 0 N–H and O–H groups in total. The van der Waals surface area contributed by atoms with Gasteiger partial charge in [0.2, 0.25) is 0 Å². The number of rotatable bonds is 4. The van der Waals surface area contributed by atoms with Crippen molar-refractivity contribution in [3.05, 3.63) is 82.5 Å². The van der Waals surface area contributed by atoms with E-state index in [9.17, 15) is 4.79 Å². The molecule has 3 aromatic rings. The van der Waals surface area contributed by atoms with Crippen molar-refractivity contribution in [2.75, 3.05) is 13.1 Å². The Hall–Kier alpha value is -3.14. The number of carbonyl (C=O) groups is 1. The van der Waals surface area contributed by atoms with Crippen LogP contribution in [-0.4, -0.2) is 35.0 Å². The molecule has 1 amide bonds. The number of benzene rings is 2. The Kier molecular flexibility index (Phi) is 5.10.